The fourth-order valence-electron chi connectivity index (χ4n) is 1.80. The molecule has 0 aliphatic rings. The van der Waals surface area contributed by atoms with E-state index in [1.807, 2.05) is 11.5 Å². The molecule has 2 aromatic heterocycles. The highest BCUT2D eigenvalue weighted by atomic mass is 35.5. The van der Waals surface area contributed by atoms with Gasteiger partial charge in [-0.3, -0.25) is 0 Å². The maximum absolute atomic E-state index is 5.90. The fourth-order valence-corrected chi connectivity index (χ4v) is 1.96. The maximum atomic E-state index is 5.90. The monoisotopic (exact) mass is 254 g/mol. The molecule has 2 N–H and O–H groups in total. The highest BCUT2D eigenvalue weighted by Crippen LogP contribution is 2.21. The van der Waals surface area contributed by atoms with Gasteiger partial charge in [0.2, 0.25) is 0 Å². The molecule has 2 aromatic rings. The smallest absolute Gasteiger partial charge is 0.160 e. The van der Waals surface area contributed by atoms with Crippen LogP contribution in [0.15, 0.2) is 12.3 Å². The van der Waals surface area contributed by atoms with E-state index >= 15 is 0 Å². The zero-order valence-electron chi connectivity index (χ0n) is 9.85. The van der Waals surface area contributed by atoms with Crippen LogP contribution in [-0.2, 0) is 11.3 Å². The zero-order valence-corrected chi connectivity index (χ0v) is 10.6. The van der Waals surface area contributed by atoms with Crippen molar-refractivity contribution in [2.45, 2.75) is 19.6 Å². The molecule has 1 unspecified atom stereocenters. The summed E-state index contributed by atoms with van der Waals surface area (Å²) in [6.45, 7) is 2.97. The number of ether oxygens (including phenoxy) is 1. The van der Waals surface area contributed by atoms with Gasteiger partial charge in [-0.2, -0.15) is 0 Å². The third-order valence-electron chi connectivity index (χ3n) is 2.62. The van der Waals surface area contributed by atoms with Gasteiger partial charge in [0.05, 0.1) is 5.02 Å². The van der Waals surface area contributed by atoms with Crippen LogP contribution >= 0.6 is 11.6 Å². The zero-order chi connectivity index (χ0) is 12.4. The molecular formula is C11H15ClN4O. The molecule has 0 aliphatic heterocycles. The van der Waals surface area contributed by atoms with Gasteiger partial charge in [0.25, 0.3) is 0 Å². The molecule has 17 heavy (non-hydrogen) atoms. The minimum Gasteiger partial charge on any atom is -0.377 e. The van der Waals surface area contributed by atoms with Crippen molar-refractivity contribution in [1.29, 1.82) is 0 Å². The lowest BCUT2D eigenvalue weighted by atomic mass is 10.3. The second kappa shape index (κ2) is 5.00. The van der Waals surface area contributed by atoms with Gasteiger partial charge in [-0.05, 0) is 13.0 Å². The highest BCUT2D eigenvalue weighted by Gasteiger charge is 2.16. The third-order valence-corrected chi connectivity index (χ3v) is 2.83. The number of pyridine rings is 1. The van der Waals surface area contributed by atoms with Gasteiger partial charge >= 0.3 is 0 Å². The number of hydrogen-bond donors (Lipinski definition) is 1. The minimum absolute atomic E-state index is 0.124. The summed E-state index contributed by atoms with van der Waals surface area (Å²) in [7, 11) is 1.64. The number of halogens is 1. The largest absolute Gasteiger partial charge is 0.377 e. The lowest BCUT2D eigenvalue weighted by Crippen LogP contribution is -2.18. The highest BCUT2D eigenvalue weighted by molar-refractivity contribution is 6.31. The summed E-state index contributed by atoms with van der Waals surface area (Å²) in [6.07, 6.45) is 1.61. The van der Waals surface area contributed by atoms with Gasteiger partial charge in [-0.25, -0.2) is 9.97 Å². The quantitative estimate of drug-likeness (QED) is 0.903. The first kappa shape index (κ1) is 12.3. The minimum atomic E-state index is 0.124. The summed E-state index contributed by atoms with van der Waals surface area (Å²) < 4.78 is 7.13. The molecule has 0 radical (unpaired) electrons. The number of fused-ring (bicyclic) bond motifs is 1. The summed E-state index contributed by atoms with van der Waals surface area (Å²) in [6, 6.07) is 1.92. The van der Waals surface area contributed by atoms with Gasteiger partial charge in [0.1, 0.15) is 17.9 Å². The predicted octanol–water partition coefficient (Wildman–Crippen LogP) is 1.75. The van der Waals surface area contributed by atoms with E-state index in [-0.39, 0.29) is 6.04 Å². The standard InChI is InChI=1S/C11H15ClN4O/c1-7(4-13)16-10(6-17-2)15-9-3-8(12)5-14-11(9)16/h3,5,7H,4,6,13H2,1-2H3. The molecule has 6 heteroatoms. The van der Waals surface area contributed by atoms with Crippen LogP contribution in [0, 0.1) is 0 Å². The molecule has 0 fully saturated rings. The fraction of sp³-hybridized carbons (Fsp3) is 0.455. The van der Waals surface area contributed by atoms with E-state index in [0.29, 0.717) is 18.2 Å². The SMILES string of the molecule is COCc1nc2cc(Cl)cnc2n1C(C)CN. The summed E-state index contributed by atoms with van der Waals surface area (Å²) in [5, 5.41) is 0.575. The molecular weight excluding hydrogens is 240 g/mol. The van der Waals surface area contributed by atoms with Crippen LogP contribution in [0.4, 0.5) is 0 Å². The summed E-state index contributed by atoms with van der Waals surface area (Å²) in [4.78, 5) is 8.78. The molecule has 2 rings (SSSR count). The van der Waals surface area contributed by atoms with Crippen LogP contribution < -0.4 is 5.73 Å². The molecule has 0 saturated carbocycles. The van der Waals surface area contributed by atoms with Crippen molar-refractivity contribution in [1.82, 2.24) is 14.5 Å². The Kier molecular flexibility index (Phi) is 3.61. The van der Waals surface area contributed by atoms with Crippen molar-refractivity contribution < 1.29 is 4.74 Å². The normalized spacial score (nSPS) is 13.2. The number of aromatic nitrogens is 3. The van der Waals surface area contributed by atoms with E-state index in [1.165, 1.54) is 0 Å². The number of nitrogens with zero attached hydrogens (tertiary/aromatic N) is 3. The molecule has 5 nitrogen and oxygen atoms in total. The van der Waals surface area contributed by atoms with Crippen LogP contribution in [0.2, 0.25) is 5.02 Å². The van der Waals surface area contributed by atoms with Crippen molar-refractivity contribution in [2.24, 2.45) is 5.73 Å². The molecule has 0 amide bonds. The van der Waals surface area contributed by atoms with Crippen LogP contribution in [0.1, 0.15) is 18.8 Å². The van der Waals surface area contributed by atoms with E-state index < -0.39 is 0 Å². The number of methoxy groups -OCH3 is 1. The average Bonchev–Trinajstić information content (AvgIpc) is 2.65. The second-order valence-corrected chi connectivity index (χ2v) is 4.35. The van der Waals surface area contributed by atoms with E-state index in [4.69, 9.17) is 22.1 Å². The molecule has 0 aromatic carbocycles. The van der Waals surface area contributed by atoms with Crippen molar-refractivity contribution in [2.75, 3.05) is 13.7 Å². The Morgan fingerprint density at radius 2 is 2.35 bits per heavy atom. The van der Waals surface area contributed by atoms with Crippen LogP contribution in [0.3, 0.4) is 0 Å². The maximum Gasteiger partial charge on any atom is 0.160 e. The molecule has 0 bridgehead atoms. The molecule has 0 aliphatic carbocycles. The van der Waals surface area contributed by atoms with E-state index in [0.717, 1.165) is 17.0 Å². The summed E-state index contributed by atoms with van der Waals surface area (Å²) in [5.41, 5.74) is 7.27. The first-order chi connectivity index (χ1) is 8.17. The van der Waals surface area contributed by atoms with Gasteiger partial charge in [-0.15, -0.1) is 0 Å². The summed E-state index contributed by atoms with van der Waals surface area (Å²) >= 11 is 5.90. The Hall–Kier alpha value is -1.17. The topological polar surface area (TPSA) is 66.0 Å². The lowest BCUT2D eigenvalue weighted by Gasteiger charge is -2.14. The van der Waals surface area contributed by atoms with Crippen molar-refractivity contribution in [3.8, 4) is 0 Å². The Morgan fingerprint density at radius 1 is 1.59 bits per heavy atom. The molecule has 92 valence electrons. The number of nitrogens with two attached hydrogens (primary N) is 1. The Morgan fingerprint density at radius 3 is 3.00 bits per heavy atom. The van der Waals surface area contributed by atoms with Crippen molar-refractivity contribution >= 4 is 22.8 Å². The second-order valence-electron chi connectivity index (χ2n) is 3.91. The Labute approximate surface area is 105 Å². The number of rotatable bonds is 4. The lowest BCUT2D eigenvalue weighted by molar-refractivity contribution is 0.173. The molecule has 1 atom stereocenters. The van der Waals surface area contributed by atoms with Crippen LogP contribution in [0.5, 0.6) is 0 Å². The predicted molar refractivity (Wildman–Crippen MR) is 67.0 cm³/mol. The number of hydrogen-bond acceptors (Lipinski definition) is 4. The van der Waals surface area contributed by atoms with E-state index in [9.17, 15) is 0 Å². The average molecular weight is 255 g/mol. The molecule has 0 spiro atoms. The van der Waals surface area contributed by atoms with Crippen LogP contribution in [0.25, 0.3) is 11.2 Å². The summed E-state index contributed by atoms with van der Waals surface area (Å²) in [5.74, 6) is 0.815. The van der Waals surface area contributed by atoms with Crippen molar-refractivity contribution in [3.63, 3.8) is 0 Å². The van der Waals surface area contributed by atoms with Crippen molar-refractivity contribution in [3.05, 3.63) is 23.1 Å². The van der Waals surface area contributed by atoms with E-state index in [1.54, 1.807) is 19.4 Å². The van der Waals surface area contributed by atoms with Gasteiger partial charge < -0.3 is 15.0 Å². The van der Waals surface area contributed by atoms with Gasteiger partial charge in [0, 0.05) is 25.9 Å². The van der Waals surface area contributed by atoms with Crippen LogP contribution in [-0.4, -0.2) is 28.2 Å². The molecule has 2 heterocycles. The Bertz CT molecular complexity index is 525. The Balaban J connectivity index is 2.62. The first-order valence-electron chi connectivity index (χ1n) is 5.38. The number of imidazole rings is 1. The third kappa shape index (κ3) is 2.26. The first-order valence-corrected chi connectivity index (χ1v) is 5.76. The van der Waals surface area contributed by atoms with Gasteiger partial charge in [0.15, 0.2) is 5.65 Å². The molecule has 0 saturated heterocycles. The van der Waals surface area contributed by atoms with E-state index in [2.05, 4.69) is 9.97 Å². The van der Waals surface area contributed by atoms with Gasteiger partial charge in [-0.1, -0.05) is 11.6 Å².